The van der Waals surface area contributed by atoms with Crippen LogP contribution in [0.25, 0.3) is 11.2 Å². The van der Waals surface area contributed by atoms with Crippen molar-refractivity contribution >= 4 is 23.3 Å². The molecule has 0 saturated heterocycles. The van der Waals surface area contributed by atoms with Gasteiger partial charge in [-0.1, -0.05) is 0 Å². The number of imidazole rings is 1. The van der Waals surface area contributed by atoms with Crippen LogP contribution in [0.2, 0.25) is 0 Å². The molecule has 0 atom stereocenters. The Bertz CT molecular complexity index is 1000. The van der Waals surface area contributed by atoms with Gasteiger partial charge in [0.15, 0.2) is 11.2 Å². The quantitative estimate of drug-likeness (QED) is 0.417. The molecule has 3 rings (SSSR count). The Kier molecular flexibility index (Phi) is 4.20. The fraction of sp³-hybridized carbons (Fsp3) is 0.214. The number of aliphatic hydroxyl groups is 1. The molecule has 0 bridgehead atoms. The van der Waals surface area contributed by atoms with Gasteiger partial charge in [0.1, 0.15) is 0 Å². The Morgan fingerprint density at radius 3 is 2.83 bits per heavy atom. The number of hydrazone groups is 1. The summed E-state index contributed by atoms with van der Waals surface area (Å²) in [5.41, 5.74) is 2.82. The highest BCUT2D eigenvalue weighted by Crippen LogP contribution is 2.14. The number of aromatic nitrogens is 5. The number of aryl methyl sites for hydroxylation is 1. The number of hydrogen-bond acceptors (Lipinski definition) is 7. The maximum atomic E-state index is 12.1. The second-order valence-corrected chi connectivity index (χ2v) is 4.95. The largest absolute Gasteiger partial charge is 0.395 e. The number of anilines is 1. The molecule has 3 aromatic heterocycles. The zero-order valence-electron chi connectivity index (χ0n) is 12.8. The summed E-state index contributed by atoms with van der Waals surface area (Å²) in [5.74, 6) is 0.246. The number of aliphatic hydroxyl groups excluding tert-OH is 1. The van der Waals surface area contributed by atoms with E-state index in [9.17, 15) is 14.7 Å². The lowest BCUT2D eigenvalue weighted by Crippen LogP contribution is -2.29. The molecule has 10 nitrogen and oxygen atoms in total. The smallest absolute Gasteiger partial charge is 0.329 e. The number of nitrogens with zero attached hydrogens (tertiary/aromatic N) is 5. The second-order valence-electron chi connectivity index (χ2n) is 4.95. The monoisotopic (exact) mass is 329 g/mol. The Labute approximate surface area is 135 Å². The molecule has 0 aliphatic rings. The number of hydrogen-bond donors (Lipinski definition) is 3. The van der Waals surface area contributed by atoms with E-state index < -0.39 is 11.2 Å². The fourth-order valence-electron chi connectivity index (χ4n) is 2.25. The highest BCUT2D eigenvalue weighted by molar-refractivity contribution is 5.80. The van der Waals surface area contributed by atoms with Gasteiger partial charge in [0.05, 0.1) is 12.8 Å². The van der Waals surface area contributed by atoms with Crippen LogP contribution in [0, 0.1) is 0 Å². The lowest BCUT2D eigenvalue weighted by atomic mass is 10.3. The summed E-state index contributed by atoms with van der Waals surface area (Å²) in [6.07, 6.45) is 4.84. The molecule has 0 aliphatic heterocycles. The topological polar surface area (TPSA) is 130 Å². The van der Waals surface area contributed by atoms with Gasteiger partial charge in [-0.25, -0.2) is 10.2 Å². The fourth-order valence-corrected chi connectivity index (χ4v) is 2.25. The molecule has 124 valence electrons. The summed E-state index contributed by atoms with van der Waals surface area (Å²) < 4.78 is 2.69. The van der Waals surface area contributed by atoms with Crippen molar-refractivity contribution in [2.45, 2.75) is 6.54 Å². The molecule has 0 amide bonds. The molecule has 10 heteroatoms. The number of pyridine rings is 1. The van der Waals surface area contributed by atoms with Crippen molar-refractivity contribution in [1.82, 2.24) is 24.1 Å². The van der Waals surface area contributed by atoms with Crippen LogP contribution in [0.15, 0.2) is 39.2 Å². The number of aromatic amines is 1. The number of H-pyrrole nitrogens is 1. The van der Waals surface area contributed by atoms with E-state index in [0.29, 0.717) is 0 Å². The first-order valence-electron chi connectivity index (χ1n) is 7.11. The third kappa shape index (κ3) is 2.82. The third-order valence-corrected chi connectivity index (χ3v) is 3.41. The molecule has 0 saturated carbocycles. The molecule has 3 N–H and O–H groups in total. The van der Waals surface area contributed by atoms with Gasteiger partial charge in [0.25, 0.3) is 5.56 Å². The summed E-state index contributed by atoms with van der Waals surface area (Å²) in [6, 6.07) is 3.55. The summed E-state index contributed by atoms with van der Waals surface area (Å²) in [7, 11) is 1.50. The van der Waals surface area contributed by atoms with Gasteiger partial charge in [-0.2, -0.15) is 10.1 Å². The van der Waals surface area contributed by atoms with Crippen LogP contribution in [-0.4, -0.2) is 42.0 Å². The lowest BCUT2D eigenvalue weighted by molar-refractivity contribution is 0.278. The van der Waals surface area contributed by atoms with Crippen LogP contribution in [0.1, 0.15) is 5.56 Å². The van der Waals surface area contributed by atoms with Gasteiger partial charge in [-0.3, -0.25) is 19.3 Å². The van der Waals surface area contributed by atoms with Crippen molar-refractivity contribution in [3.8, 4) is 0 Å². The average molecular weight is 329 g/mol. The zero-order chi connectivity index (χ0) is 17.1. The van der Waals surface area contributed by atoms with Crippen molar-refractivity contribution in [2.24, 2.45) is 12.1 Å². The summed E-state index contributed by atoms with van der Waals surface area (Å²) >= 11 is 0. The van der Waals surface area contributed by atoms with E-state index in [2.05, 4.69) is 25.5 Å². The van der Waals surface area contributed by atoms with E-state index in [1.165, 1.54) is 16.2 Å². The van der Waals surface area contributed by atoms with Crippen molar-refractivity contribution in [1.29, 1.82) is 0 Å². The average Bonchev–Trinajstić information content (AvgIpc) is 2.93. The van der Waals surface area contributed by atoms with Crippen LogP contribution >= 0.6 is 0 Å². The maximum absolute atomic E-state index is 12.1. The molecule has 0 fully saturated rings. The number of rotatable bonds is 5. The first kappa shape index (κ1) is 15.6. The normalized spacial score (nSPS) is 11.4. The van der Waals surface area contributed by atoms with Crippen molar-refractivity contribution in [3.05, 3.63) is 50.9 Å². The molecule has 0 spiro atoms. The van der Waals surface area contributed by atoms with Gasteiger partial charge in [-0.05, 0) is 17.7 Å². The molecule has 0 aliphatic carbocycles. The predicted octanol–water partition coefficient (Wildman–Crippen LogP) is -0.743. The minimum Gasteiger partial charge on any atom is -0.395 e. The van der Waals surface area contributed by atoms with E-state index in [1.807, 2.05) is 0 Å². The van der Waals surface area contributed by atoms with Crippen LogP contribution in [-0.2, 0) is 13.6 Å². The highest BCUT2D eigenvalue weighted by Gasteiger charge is 2.16. The summed E-state index contributed by atoms with van der Waals surface area (Å²) in [6.45, 7) is -0.0681. The molecule has 3 aromatic rings. The minimum atomic E-state index is -0.569. The molecular formula is C14H15N7O3. The number of fused-ring (bicyclic) bond motifs is 1. The van der Waals surface area contributed by atoms with Crippen LogP contribution in [0.3, 0.4) is 0 Å². The Morgan fingerprint density at radius 1 is 1.38 bits per heavy atom. The molecular weight excluding hydrogens is 314 g/mol. The van der Waals surface area contributed by atoms with E-state index in [0.717, 1.165) is 5.56 Å². The third-order valence-electron chi connectivity index (χ3n) is 3.41. The van der Waals surface area contributed by atoms with Gasteiger partial charge >= 0.3 is 5.69 Å². The highest BCUT2D eigenvalue weighted by atomic mass is 16.3. The van der Waals surface area contributed by atoms with Gasteiger partial charge in [0.2, 0.25) is 5.95 Å². The molecule has 0 radical (unpaired) electrons. The van der Waals surface area contributed by atoms with Gasteiger partial charge in [-0.15, -0.1) is 0 Å². The Hall–Kier alpha value is -3.27. The zero-order valence-corrected chi connectivity index (χ0v) is 12.8. The van der Waals surface area contributed by atoms with Crippen LogP contribution in [0.5, 0.6) is 0 Å². The van der Waals surface area contributed by atoms with Crippen molar-refractivity contribution in [3.63, 3.8) is 0 Å². The van der Waals surface area contributed by atoms with Crippen molar-refractivity contribution in [2.75, 3.05) is 12.0 Å². The Balaban J connectivity index is 2.04. The van der Waals surface area contributed by atoms with E-state index in [1.54, 1.807) is 30.7 Å². The van der Waals surface area contributed by atoms with Crippen LogP contribution < -0.4 is 16.7 Å². The SMILES string of the molecule is Cn1c(=O)[nH]c(=O)c2c1nc(N/N=C\c1ccncc1)n2CCO. The minimum absolute atomic E-state index is 0.130. The molecule has 0 aromatic carbocycles. The first-order chi connectivity index (χ1) is 11.6. The summed E-state index contributed by atoms with van der Waals surface area (Å²) in [4.78, 5) is 34.1. The standard InChI is InChI=1S/C14H15N7O3/c1-20-11-10(12(23)18-14(20)24)21(6-7-22)13(17-11)19-16-8-9-2-4-15-5-3-9/h2-5,8,22H,6-7H2,1H3,(H,17,19)(H,18,23,24)/b16-8-. The van der Waals surface area contributed by atoms with E-state index >= 15 is 0 Å². The number of nitrogens with one attached hydrogen (secondary N) is 2. The molecule has 0 unspecified atom stereocenters. The van der Waals surface area contributed by atoms with Crippen molar-refractivity contribution < 1.29 is 5.11 Å². The summed E-state index contributed by atoms with van der Waals surface area (Å²) in [5, 5.41) is 13.3. The second kappa shape index (κ2) is 6.46. The lowest BCUT2D eigenvalue weighted by Gasteiger charge is -2.05. The first-order valence-corrected chi connectivity index (χ1v) is 7.11. The molecule has 24 heavy (non-hydrogen) atoms. The van der Waals surface area contributed by atoms with Crippen LogP contribution in [0.4, 0.5) is 5.95 Å². The van der Waals surface area contributed by atoms with E-state index in [-0.39, 0.29) is 30.3 Å². The maximum Gasteiger partial charge on any atom is 0.329 e. The van der Waals surface area contributed by atoms with E-state index in [4.69, 9.17) is 0 Å². The molecule has 3 heterocycles. The van der Waals surface area contributed by atoms with Gasteiger partial charge < -0.3 is 9.67 Å². The van der Waals surface area contributed by atoms with Gasteiger partial charge in [0, 0.05) is 26.0 Å². The predicted molar refractivity (Wildman–Crippen MR) is 88.1 cm³/mol. The Morgan fingerprint density at radius 2 is 2.12 bits per heavy atom.